The minimum absolute atomic E-state index is 0.185. The summed E-state index contributed by atoms with van der Waals surface area (Å²) < 4.78 is 6.10. The largest absolute Gasteiger partial charge is 0.477 e. The van der Waals surface area contributed by atoms with E-state index >= 15 is 0 Å². The zero-order valence-corrected chi connectivity index (χ0v) is 13.4. The zero-order chi connectivity index (χ0) is 15.2. The van der Waals surface area contributed by atoms with Gasteiger partial charge in [0.25, 0.3) is 0 Å². The lowest BCUT2D eigenvalue weighted by molar-refractivity contribution is -0.143. The fourth-order valence-electron chi connectivity index (χ4n) is 1.30. The molecule has 0 saturated heterocycles. The molecule has 7 nitrogen and oxygen atoms in total. The monoisotopic (exact) mass is 345 g/mol. The lowest BCUT2D eigenvalue weighted by Crippen LogP contribution is -2.04. The first-order valence-corrected chi connectivity index (χ1v) is 8.38. The van der Waals surface area contributed by atoms with Crippen LogP contribution < -0.4 is 0 Å². The highest BCUT2D eigenvalue weighted by atomic mass is 32.2. The number of hydrogen-bond donors (Lipinski definition) is 1. The number of carboxylic acid groups (broad SMARTS) is 1. The number of carboxylic acids is 1. The van der Waals surface area contributed by atoms with Gasteiger partial charge in [0.2, 0.25) is 0 Å². The number of aryl methyl sites for hydroxylation is 1. The Morgan fingerprint density at radius 1 is 1.33 bits per heavy atom. The van der Waals surface area contributed by atoms with Gasteiger partial charge in [0.15, 0.2) is 8.68 Å². The Morgan fingerprint density at radius 2 is 2.14 bits per heavy atom. The molecule has 0 amide bonds. The number of carbonyl (C=O) groups is 2. The van der Waals surface area contributed by atoms with Gasteiger partial charge in [-0.3, -0.25) is 4.79 Å². The van der Waals surface area contributed by atoms with Crippen molar-refractivity contribution < 1.29 is 19.4 Å². The van der Waals surface area contributed by atoms with Gasteiger partial charge in [-0.2, -0.15) is 0 Å². The van der Waals surface area contributed by atoms with E-state index in [1.165, 1.54) is 29.3 Å². The molecule has 21 heavy (non-hydrogen) atoms. The smallest absolute Gasteiger partial charge is 0.347 e. The molecule has 1 N–H and O–H groups in total. The van der Waals surface area contributed by atoms with Crippen molar-refractivity contribution in [2.24, 2.45) is 0 Å². The van der Waals surface area contributed by atoms with Crippen molar-refractivity contribution in [1.82, 2.24) is 15.2 Å². The molecule has 2 aromatic heterocycles. The Morgan fingerprint density at radius 3 is 2.81 bits per heavy atom. The Balaban J connectivity index is 1.90. The third-order valence-corrected chi connectivity index (χ3v) is 5.26. The summed E-state index contributed by atoms with van der Waals surface area (Å²) in [5, 5.41) is 17.5. The van der Waals surface area contributed by atoms with Crippen LogP contribution in [-0.4, -0.2) is 38.8 Å². The van der Waals surface area contributed by atoms with Crippen molar-refractivity contribution in [1.29, 1.82) is 0 Å². The Labute approximate surface area is 132 Å². The van der Waals surface area contributed by atoms with Gasteiger partial charge in [-0.1, -0.05) is 11.3 Å². The van der Waals surface area contributed by atoms with Gasteiger partial charge >= 0.3 is 11.9 Å². The summed E-state index contributed by atoms with van der Waals surface area (Å²) >= 11 is 3.71. The van der Waals surface area contributed by atoms with E-state index in [0.717, 1.165) is 16.3 Å². The van der Waals surface area contributed by atoms with Crippen LogP contribution in [0.4, 0.5) is 0 Å². The molecule has 10 heteroatoms. The molecule has 0 radical (unpaired) electrons. The van der Waals surface area contributed by atoms with Crippen LogP contribution in [0.1, 0.15) is 28.0 Å². The average molecular weight is 345 g/mol. The third-order valence-electron chi connectivity index (χ3n) is 2.17. The molecule has 2 heterocycles. The topological polar surface area (TPSA) is 102 Å². The van der Waals surface area contributed by atoms with Crippen molar-refractivity contribution in [2.75, 3.05) is 6.61 Å². The second-order valence-electron chi connectivity index (χ2n) is 3.66. The molecular formula is C11H11N3O4S3. The van der Waals surface area contributed by atoms with Crippen molar-refractivity contribution >= 4 is 46.4 Å². The molecule has 0 aliphatic heterocycles. The summed E-state index contributed by atoms with van der Waals surface area (Å²) in [5.74, 6) is -1.25. The zero-order valence-electron chi connectivity index (χ0n) is 10.9. The first kappa shape index (κ1) is 15.9. The second-order valence-corrected chi connectivity index (χ2v) is 7.25. The maximum atomic E-state index is 11.2. The first-order valence-electron chi connectivity index (χ1n) is 5.93. The predicted molar refractivity (Wildman–Crippen MR) is 78.1 cm³/mol. The number of aromatic carboxylic acids is 1. The lowest BCUT2D eigenvalue weighted by atomic mass is 10.3. The molecule has 0 atom stereocenters. The van der Waals surface area contributed by atoms with Crippen LogP contribution in [0.5, 0.6) is 0 Å². The Hall–Kier alpha value is -1.52. The molecule has 2 aromatic rings. The van der Waals surface area contributed by atoms with Crippen molar-refractivity contribution in [3.05, 3.63) is 16.1 Å². The summed E-state index contributed by atoms with van der Waals surface area (Å²) in [6.07, 6.45) is 2.07. The minimum atomic E-state index is -0.994. The number of aromatic nitrogens is 3. The maximum absolute atomic E-state index is 11.2. The van der Waals surface area contributed by atoms with Gasteiger partial charge in [-0.05, 0) is 18.7 Å². The van der Waals surface area contributed by atoms with Crippen LogP contribution in [0.2, 0.25) is 0 Å². The number of thiazole rings is 1. The normalized spacial score (nSPS) is 10.5. The SMILES string of the molecule is CCOC(=O)CCc1nnc(Sc2ncc(C(=O)O)s2)s1. The van der Waals surface area contributed by atoms with E-state index in [1.807, 2.05) is 0 Å². The van der Waals surface area contributed by atoms with Crippen LogP contribution in [-0.2, 0) is 16.0 Å². The second kappa shape index (κ2) is 7.48. The molecule has 0 unspecified atom stereocenters. The van der Waals surface area contributed by atoms with E-state index in [4.69, 9.17) is 9.84 Å². The average Bonchev–Trinajstić information content (AvgIpc) is 3.07. The number of esters is 1. The standard InChI is InChI=1S/C11H11N3O4S3/c1-2-18-8(15)4-3-7-13-14-11(20-7)21-10-12-5-6(19-10)9(16)17/h5H,2-4H2,1H3,(H,16,17). The van der Waals surface area contributed by atoms with Gasteiger partial charge in [0.05, 0.1) is 19.2 Å². The Bertz CT molecular complexity index is 640. The highest BCUT2D eigenvalue weighted by Gasteiger charge is 2.13. The number of nitrogens with zero attached hydrogens (tertiary/aromatic N) is 3. The van der Waals surface area contributed by atoms with Gasteiger partial charge in [-0.25, -0.2) is 9.78 Å². The predicted octanol–water partition coefficient (Wildman–Crippen LogP) is 2.34. The number of rotatable bonds is 7. The van der Waals surface area contributed by atoms with Crippen molar-refractivity contribution in [3.8, 4) is 0 Å². The van der Waals surface area contributed by atoms with E-state index in [1.54, 1.807) is 6.92 Å². The Kier molecular flexibility index (Phi) is 5.65. The van der Waals surface area contributed by atoms with E-state index in [-0.39, 0.29) is 17.3 Å². The fourth-order valence-corrected chi connectivity index (χ4v) is 4.22. The number of ether oxygens (including phenoxy) is 1. The van der Waals surface area contributed by atoms with Gasteiger partial charge in [0.1, 0.15) is 9.88 Å². The summed E-state index contributed by atoms with van der Waals surface area (Å²) in [4.78, 5) is 26.2. The summed E-state index contributed by atoms with van der Waals surface area (Å²) in [5.41, 5.74) is 0. The molecule has 2 rings (SSSR count). The summed E-state index contributed by atoms with van der Waals surface area (Å²) in [7, 11) is 0. The molecule has 0 aliphatic carbocycles. The fraction of sp³-hybridized carbons (Fsp3) is 0.364. The van der Waals surface area contributed by atoms with Gasteiger partial charge in [-0.15, -0.1) is 21.5 Å². The van der Waals surface area contributed by atoms with Crippen LogP contribution in [0, 0.1) is 0 Å². The van der Waals surface area contributed by atoms with E-state index in [2.05, 4.69) is 15.2 Å². The molecule has 0 saturated carbocycles. The molecule has 112 valence electrons. The van der Waals surface area contributed by atoms with Gasteiger partial charge < -0.3 is 9.84 Å². The first-order chi connectivity index (χ1) is 10.1. The summed E-state index contributed by atoms with van der Waals surface area (Å²) in [6, 6.07) is 0. The number of hydrogen-bond acceptors (Lipinski definition) is 9. The molecule has 0 fully saturated rings. The quantitative estimate of drug-likeness (QED) is 0.763. The molecule has 0 aromatic carbocycles. The number of carbonyl (C=O) groups excluding carboxylic acids is 1. The highest BCUT2D eigenvalue weighted by Crippen LogP contribution is 2.33. The molecule has 0 aliphatic rings. The van der Waals surface area contributed by atoms with E-state index in [0.29, 0.717) is 21.7 Å². The third kappa shape index (κ3) is 4.76. The minimum Gasteiger partial charge on any atom is -0.477 e. The van der Waals surface area contributed by atoms with E-state index in [9.17, 15) is 9.59 Å². The van der Waals surface area contributed by atoms with Crippen LogP contribution in [0.25, 0.3) is 0 Å². The summed E-state index contributed by atoms with van der Waals surface area (Å²) in [6.45, 7) is 2.13. The van der Waals surface area contributed by atoms with E-state index < -0.39 is 5.97 Å². The van der Waals surface area contributed by atoms with Crippen LogP contribution in [0.3, 0.4) is 0 Å². The molecule has 0 bridgehead atoms. The maximum Gasteiger partial charge on any atom is 0.347 e. The highest BCUT2D eigenvalue weighted by molar-refractivity contribution is 8.02. The van der Waals surface area contributed by atoms with Gasteiger partial charge in [0, 0.05) is 6.42 Å². The lowest BCUT2D eigenvalue weighted by Gasteiger charge is -1.98. The molecule has 0 spiro atoms. The van der Waals surface area contributed by atoms with Crippen LogP contribution in [0.15, 0.2) is 14.9 Å². The van der Waals surface area contributed by atoms with Crippen molar-refractivity contribution in [3.63, 3.8) is 0 Å². The van der Waals surface area contributed by atoms with Crippen LogP contribution >= 0.6 is 34.4 Å². The molecular weight excluding hydrogens is 334 g/mol. The van der Waals surface area contributed by atoms with Crippen molar-refractivity contribution in [2.45, 2.75) is 28.4 Å².